The van der Waals surface area contributed by atoms with Crippen molar-refractivity contribution < 1.29 is 14.3 Å². The standard InChI is InChI=1S/C19H23N3O3/c1-21(2)16-9-5-14(6-10-16)19(24)20-15-7-11-17(12-8-15)25-13-18(23)22(3)4/h5-12H,13H2,1-4H3,(H,20,24). The number of ether oxygens (including phenoxy) is 1. The summed E-state index contributed by atoms with van der Waals surface area (Å²) in [4.78, 5) is 27.2. The minimum atomic E-state index is -0.179. The summed E-state index contributed by atoms with van der Waals surface area (Å²) in [6, 6.07) is 14.3. The summed E-state index contributed by atoms with van der Waals surface area (Å²) in [6.45, 7) is -0.0169. The molecule has 2 aromatic rings. The monoisotopic (exact) mass is 341 g/mol. The second kappa shape index (κ2) is 8.19. The van der Waals surface area contributed by atoms with Gasteiger partial charge in [-0.25, -0.2) is 0 Å². The molecule has 2 rings (SSSR count). The Morgan fingerprint density at radius 1 is 0.920 bits per heavy atom. The van der Waals surface area contributed by atoms with E-state index in [9.17, 15) is 9.59 Å². The molecule has 0 radical (unpaired) electrons. The van der Waals surface area contributed by atoms with E-state index in [1.165, 1.54) is 4.90 Å². The number of hydrogen-bond donors (Lipinski definition) is 1. The van der Waals surface area contributed by atoms with Gasteiger partial charge in [0, 0.05) is 45.1 Å². The van der Waals surface area contributed by atoms with Gasteiger partial charge in [-0.2, -0.15) is 0 Å². The number of anilines is 2. The zero-order chi connectivity index (χ0) is 18.4. The van der Waals surface area contributed by atoms with Gasteiger partial charge in [0.25, 0.3) is 11.8 Å². The van der Waals surface area contributed by atoms with E-state index in [2.05, 4.69) is 5.32 Å². The second-order valence-corrected chi connectivity index (χ2v) is 6.00. The molecule has 0 fully saturated rings. The number of benzene rings is 2. The first kappa shape index (κ1) is 18.3. The average Bonchev–Trinajstić information content (AvgIpc) is 2.60. The van der Waals surface area contributed by atoms with E-state index in [4.69, 9.17) is 4.74 Å². The molecule has 0 aromatic heterocycles. The molecule has 0 saturated carbocycles. The van der Waals surface area contributed by atoms with Gasteiger partial charge >= 0.3 is 0 Å². The highest BCUT2D eigenvalue weighted by atomic mass is 16.5. The first-order valence-corrected chi connectivity index (χ1v) is 7.88. The second-order valence-electron chi connectivity index (χ2n) is 6.00. The third-order valence-corrected chi connectivity index (χ3v) is 3.62. The van der Waals surface area contributed by atoms with E-state index in [1.54, 1.807) is 50.5 Å². The average molecular weight is 341 g/mol. The van der Waals surface area contributed by atoms with Crippen LogP contribution in [0.15, 0.2) is 48.5 Å². The molecule has 25 heavy (non-hydrogen) atoms. The molecule has 0 saturated heterocycles. The summed E-state index contributed by atoms with van der Waals surface area (Å²) in [6.07, 6.45) is 0. The smallest absolute Gasteiger partial charge is 0.259 e. The summed E-state index contributed by atoms with van der Waals surface area (Å²) in [5, 5.41) is 2.83. The van der Waals surface area contributed by atoms with Crippen LogP contribution in [0, 0.1) is 0 Å². The van der Waals surface area contributed by atoms with Crippen LogP contribution >= 0.6 is 0 Å². The van der Waals surface area contributed by atoms with Crippen LogP contribution in [0.5, 0.6) is 5.75 Å². The van der Waals surface area contributed by atoms with Crippen LogP contribution in [-0.2, 0) is 4.79 Å². The molecule has 6 nitrogen and oxygen atoms in total. The Bertz CT molecular complexity index is 723. The molecule has 0 unspecified atom stereocenters. The number of carbonyl (C=O) groups excluding carboxylic acids is 2. The predicted molar refractivity (Wildman–Crippen MR) is 99.4 cm³/mol. The van der Waals surface area contributed by atoms with E-state index in [0.29, 0.717) is 17.0 Å². The summed E-state index contributed by atoms with van der Waals surface area (Å²) in [7, 11) is 7.25. The van der Waals surface area contributed by atoms with Crippen LogP contribution in [-0.4, -0.2) is 51.5 Å². The molecule has 0 aliphatic carbocycles. The molecule has 1 N–H and O–H groups in total. The Morgan fingerprint density at radius 2 is 1.52 bits per heavy atom. The molecule has 132 valence electrons. The zero-order valence-electron chi connectivity index (χ0n) is 14.9. The number of hydrogen-bond acceptors (Lipinski definition) is 4. The van der Waals surface area contributed by atoms with Gasteiger partial charge in [-0.3, -0.25) is 9.59 Å². The van der Waals surface area contributed by atoms with Crippen LogP contribution in [0.1, 0.15) is 10.4 Å². The lowest BCUT2D eigenvalue weighted by Gasteiger charge is -2.13. The maximum atomic E-state index is 12.3. The number of amides is 2. The number of nitrogens with zero attached hydrogens (tertiary/aromatic N) is 2. The normalized spacial score (nSPS) is 10.1. The minimum Gasteiger partial charge on any atom is -0.484 e. The van der Waals surface area contributed by atoms with E-state index in [1.807, 2.05) is 31.1 Å². The first-order valence-electron chi connectivity index (χ1n) is 7.88. The minimum absolute atomic E-state index is 0.0169. The van der Waals surface area contributed by atoms with E-state index in [0.717, 1.165) is 5.69 Å². The Labute approximate surface area is 148 Å². The van der Waals surface area contributed by atoms with Crippen molar-refractivity contribution in [3.63, 3.8) is 0 Å². The number of carbonyl (C=O) groups is 2. The molecule has 6 heteroatoms. The highest BCUT2D eigenvalue weighted by molar-refractivity contribution is 6.04. The van der Waals surface area contributed by atoms with E-state index < -0.39 is 0 Å². The van der Waals surface area contributed by atoms with Crippen molar-refractivity contribution in [1.82, 2.24) is 4.90 Å². The van der Waals surface area contributed by atoms with Crippen molar-refractivity contribution in [2.75, 3.05) is 45.0 Å². The van der Waals surface area contributed by atoms with Gasteiger partial charge in [-0.05, 0) is 48.5 Å². The topological polar surface area (TPSA) is 61.9 Å². The molecule has 2 aromatic carbocycles. The largest absolute Gasteiger partial charge is 0.484 e. The zero-order valence-corrected chi connectivity index (χ0v) is 14.9. The SMILES string of the molecule is CN(C)C(=O)COc1ccc(NC(=O)c2ccc(N(C)C)cc2)cc1. The Morgan fingerprint density at radius 3 is 2.04 bits per heavy atom. The molecular formula is C19H23N3O3. The summed E-state index contributed by atoms with van der Waals surface area (Å²) >= 11 is 0. The van der Waals surface area contributed by atoms with Gasteiger partial charge in [-0.1, -0.05) is 0 Å². The molecule has 0 bridgehead atoms. The van der Waals surface area contributed by atoms with Crippen molar-refractivity contribution in [1.29, 1.82) is 0 Å². The van der Waals surface area contributed by atoms with Crippen molar-refractivity contribution >= 4 is 23.2 Å². The van der Waals surface area contributed by atoms with Crippen LogP contribution < -0.4 is 15.0 Å². The van der Waals surface area contributed by atoms with Crippen molar-refractivity contribution in [2.45, 2.75) is 0 Å². The highest BCUT2D eigenvalue weighted by Gasteiger charge is 2.08. The fourth-order valence-electron chi connectivity index (χ4n) is 2.02. The van der Waals surface area contributed by atoms with Gasteiger partial charge in [0.2, 0.25) is 0 Å². The molecule has 0 aliphatic rings. The predicted octanol–water partition coefficient (Wildman–Crippen LogP) is 2.47. The fourth-order valence-corrected chi connectivity index (χ4v) is 2.02. The summed E-state index contributed by atoms with van der Waals surface area (Å²) in [5.41, 5.74) is 2.28. The number of likely N-dealkylation sites (N-methyl/N-ethyl adjacent to an activating group) is 1. The quantitative estimate of drug-likeness (QED) is 0.877. The maximum absolute atomic E-state index is 12.3. The van der Waals surface area contributed by atoms with Crippen LogP contribution in [0.2, 0.25) is 0 Å². The van der Waals surface area contributed by atoms with Crippen LogP contribution in [0.25, 0.3) is 0 Å². The Kier molecular flexibility index (Phi) is 6.00. The Hall–Kier alpha value is -3.02. The Balaban J connectivity index is 1.94. The van der Waals surface area contributed by atoms with Gasteiger partial charge in [0.1, 0.15) is 5.75 Å². The van der Waals surface area contributed by atoms with Gasteiger partial charge in [0.15, 0.2) is 6.61 Å². The molecule has 2 amide bonds. The van der Waals surface area contributed by atoms with Crippen molar-refractivity contribution in [3.8, 4) is 5.75 Å². The number of rotatable bonds is 6. The third-order valence-electron chi connectivity index (χ3n) is 3.62. The van der Waals surface area contributed by atoms with Crippen LogP contribution in [0.3, 0.4) is 0 Å². The van der Waals surface area contributed by atoms with Crippen molar-refractivity contribution in [3.05, 3.63) is 54.1 Å². The third kappa shape index (κ3) is 5.24. The van der Waals surface area contributed by atoms with Gasteiger partial charge in [-0.15, -0.1) is 0 Å². The van der Waals surface area contributed by atoms with Gasteiger partial charge < -0.3 is 19.9 Å². The number of nitrogens with one attached hydrogen (secondary N) is 1. The van der Waals surface area contributed by atoms with Gasteiger partial charge in [0.05, 0.1) is 0 Å². The molecule has 0 aliphatic heterocycles. The summed E-state index contributed by atoms with van der Waals surface area (Å²) < 4.78 is 5.40. The van der Waals surface area contributed by atoms with E-state index >= 15 is 0 Å². The summed E-state index contributed by atoms with van der Waals surface area (Å²) in [5.74, 6) is 0.281. The van der Waals surface area contributed by atoms with E-state index in [-0.39, 0.29) is 18.4 Å². The lowest BCUT2D eigenvalue weighted by molar-refractivity contribution is -0.130. The maximum Gasteiger partial charge on any atom is 0.259 e. The molecule has 0 heterocycles. The molecule has 0 atom stereocenters. The van der Waals surface area contributed by atoms with Crippen molar-refractivity contribution in [2.24, 2.45) is 0 Å². The molecule has 0 spiro atoms. The highest BCUT2D eigenvalue weighted by Crippen LogP contribution is 2.18. The molecular weight excluding hydrogens is 318 g/mol. The van der Waals surface area contributed by atoms with Crippen LogP contribution in [0.4, 0.5) is 11.4 Å². The lowest BCUT2D eigenvalue weighted by atomic mass is 10.2. The fraction of sp³-hybridized carbons (Fsp3) is 0.263. The lowest BCUT2D eigenvalue weighted by Crippen LogP contribution is -2.27. The first-order chi connectivity index (χ1) is 11.9.